The van der Waals surface area contributed by atoms with Gasteiger partial charge in [-0.3, -0.25) is 9.59 Å². The molecule has 0 aliphatic carbocycles. The van der Waals surface area contributed by atoms with Crippen LogP contribution < -0.4 is 4.74 Å². The van der Waals surface area contributed by atoms with Crippen molar-refractivity contribution in [2.24, 2.45) is 0 Å². The number of aldehydes is 1. The van der Waals surface area contributed by atoms with Crippen molar-refractivity contribution >= 4 is 29.6 Å². The van der Waals surface area contributed by atoms with Gasteiger partial charge in [-0.05, 0) is 31.5 Å². The van der Waals surface area contributed by atoms with Crippen LogP contribution in [-0.4, -0.2) is 31.8 Å². The van der Waals surface area contributed by atoms with Crippen molar-refractivity contribution < 1.29 is 23.9 Å². The zero-order valence-corrected chi connectivity index (χ0v) is 12.2. The maximum atomic E-state index is 12.1. The molecule has 108 valence electrons. The van der Waals surface area contributed by atoms with Crippen LogP contribution in [0.3, 0.4) is 0 Å². The molecule has 1 aromatic rings. The Bertz CT molecular complexity index is 540. The monoisotopic (exact) mass is 298 g/mol. The summed E-state index contributed by atoms with van der Waals surface area (Å²) >= 11 is 5.90. The highest BCUT2D eigenvalue weighted by Crippen LogP contribution is 2.32. The fourth-order valence-corrected chi connectivity index (χ4v) is 2.01. The van der Waals surface area contributed by atoms with Crippen LogP contribution in [0.1, 0.15) is 19.4 Å². The van der Waals surface area contributed by atoms with Gasteiger partial charge in [-0.25, -0.2) is 0 Å². The molecule has 0 saturated carbocycles. The molecule has 0 amide bonds. The first-order chi connectivity index (χ1) is 9.43. The minimum absolute atomic E-state index is 0.0619. The Morgan fingerprint density at radius 2 is 2.05 bits per heavy atom. The molecular weight excluding hydrogens is 284 g/mol. The number of carbonyl (C=O) groups is 3. The number of hydrogen-bond acceptors (Lipinski definition) is 5. The second-order valence-corrected chi connectivity index (χ2v) is 4.46. The number of hydrogen-bond donors (Lipinski definition) is 0. The summed E-state index contributed by atoms with van der Waals surface area (Å²) in [4.78, 5) is 35.4. The van der Waals surface area contributed by atoms with E-state index in [1.807, 2.05) is 0 Å². The highest BCUT2D eigenvalue weighted by Gasteiger charge is 2.47. The van der Waals surface area contributed by atoms with Gasteiger partial charge in [-0.15, -0.1) is 0 Å². The zero-order valence-electron chi connectivity index (χ0n) is 11.4. The Kier molecular flexibility index (Phi) is 5.27. The summed E-state index contributed by atoms with van der Waals surface area (Å²) in [5.41, 5.74) is -1.83. The van der Waals surface area contributed by atoms with E-state index in [1.165, 1.54) is 25.3 Å². The van der Waals surface area contributed by atoms with E-state index in [-0.39, 0.29) is 24.2 Å². The van der Waals surface area contributed by atoms with Gasteiger partial charge in [-0.1, -0.05) is 17.7 Å². The van der Waals surface area contributed by atoms with Crippen LogP contribution in [0.25, 0.3) is 0 Å². The fraction of sp³-hybridized carbons (Fsp3) is 0.357. The Morgan fingerprint density at radius 1 is 1.40 bits per heavy atom. The molecule has 1 aromatic carbocycles. The summed E-state index contributed by atoms with van der Waals surface area (Å²) in [5.74, 6) is -1.27. The first kappa shape index (κ1) is 16.2. The predicted octanol–water partition coefficient (Wildman–Crippen LogP) is 1.94. The molecule has 0 aromatic heterocycles. The Labute approximate surface area is 121 Å². The smallest absolute Gasteiger partial charge is 0.331 e. The molecule has 0 aliphatic heterocycles. The molecule has 0 N–H and O–H groups in total. The third-order valence-corrected chi connectivity index (χ3v) is 3.25. The van der Waals surface area contributed by atoms with Gasteiger partial charge in [0.15, 0.2) is 5.78 Å². The summed E-state index contributed by atoms with van der Waals surface area (Å²) in [5, 5.41) is 0.309. The lowest BCUT2D eigenvalue weighted by molar-refractivity contribution is -0.154. The predicted molar refractivity (Wildman–Crippen MR) is 73.1 cm³/mol. The van der Waals surface area contributed by atoms with Crippen molar-refractivity contribution in [1.29, 1.82) is 0 Å². The largest absolute Gasteiger partial charge is 0.495 e. The number of benzene rings is 1. The third kappa shape index (κ3) is 2.67. The molecule has 20 heavy (non-hydrogen) atoms. The summed E-state index contributed by atoms with van der Waals surface area (Å²) in [7, 11) is 1.39. The van der Waals surface area contributed by atoms with E-state index >= 15 is 0 Å². The molecular formula is C14H15ClO5. The molecule has 1 rings (SSSR count). The van der Waals surface area contributed by atoms with Gasteiger partial charge in [0.2, 0.25) is 5.41 Å². The first-order valence-corrected chi connectivity index (χ1v) is 6.30. The van der Waals surface area contributed by atoms with Crippen LogP contribution in [0.15, 0.2) is 18.2 Å². The van der Waals surface area contributed by atoms with Crippen molar-refractivity contribution in [1.82, 2.24) is 0 Å². The van der Waals surface area contributed by atoms with Gasteiger partial charge in [-0.2, -0.15) is 0 Å². The van der Waals surface area contributed by atoms with Crippen molar-refractivity contribution in [3.05, 3.63) is 28.8 Å². The Morgan fingerprint density at radius 3 is 2.50 bits per heavy atom. The average molecular weight is 299 g/mol. The lowest BCUT2D eigenvalue weighted by atomic mass is 9.78. The van der Waals surface area contributed by atoms with E-state index in [2.05, 4.69) is 0 Å². The number of esters is 1. The molecule has 0 spiro atoms. The summed E-state index contributed by atoms with van der Waals surface area (Å²) in [6, 6.07) is 4.27. The summed E-state index contributed by atoms with van der Waals surface area (Å²) in [6.45, 7) is 2.81. The molecule has 0 bridgehead atoms. The summed E-state index contributed by atoms with van der Waals surface area (Å²) < 4.78 is 9.89. The Balaban J connectivity index is 3.49. The number of carbonyl (C=O) groups excluding carboxylic acids is 3. The highest BCUT2D eigenvalue weighted by atomic mass is 35.5. The van der Waals surface area contributed by atoms with Crippen molar-refractivity contribution in [3.63, 3.8) is 0 Å². The van der Waals surface area contributed by atoms with Crippen LogP contribution in [0, 0.1) is 0 Å². The molecule has 1 atom stereocenters. The topological polar surface area (TPSA) is 69.7 Å². The minimum Gasteiger partial charge on any atom is -0.495 e. The number of ether oxygens (including phenoxy) is 2. The Hall–Kier alpha value is -1.88. The van der Waals surface area contributed by atoms with Gasteiger partial charge in [0.1, 0.15) is 12.0 Å². The van der Waals surface area contributed by atoms with Crippen molar-refractivity contribution in [2.45, 2.75) is 19.3 Å². The molecule has 0 aliphatic rings. The van der Waals surface area contributed by atoms with Crippen LogP contribution in [0.2, 0.25) is 5.02 Å². The molecule has 0 saturated heterocycles. The van der Waals surface area contributed by atoms with Crippen LogP contribution >= 0.6 is 11.6 Å². The average Bonchev–Trinajstić information content (AvgIpc) is 2.41. The first-order valence-electron chi connectivity index (χ1n) is 5.92. The highest BCUT2D eigenvalue weighted by molar-refractivity contribution is 6.32. The zero-order chi connectivity index (χ0) is 15.3. The standard InChI is InChI=1S/C14H15ClO5/c1-4-20-13(18)14(8-16,9(2)17)10-5-6-11(15)12(7-10)19-3/h5-8H,4H2,1-3H3. The molecule has 6 heteroatoms. The second kappa shape index (κ2) is 6.52. The van der Waals surface area contributed by atoms with E-state index in [9.17, 15) is 14.4 Å². The van der Waals surface area contributed by atoms with Gasteiger partial charge >= 0.3 is 5.97 Å². The van der Waals surface area contributed by atoms with Gasteiger partial charge < -0.3 is 14.3 Å². The van der Waals surface area contributed by atoms with Crippen LogP contribution in [0.5, 0.6) is 5.75 Å². The second-order valence-electron chi connectivity index (χ2n) is 4.05. The van der Waals surface area contributed by atoms with Gasteiger partial charge in [0, 0.05) is 0 Å². The van der Waals surface area contributed by atoms with Crippen LogP contribution in [0.4, 0.5) is 0 Å². The molecule has 1 unspecified atom stereocenters. The molecule has 5 nitrogen and oxygen atoms in total. The van der Waals surface area contributed by atoms with Gasteiger partial charge in [0.25, 0.3) is 0 Å². The van der Waals surface area contributed by atoms with Gasteiger partial charge in [0.05, 0.1) is 18.7 Å². The minimum atomic E-state index is -1.99. The summed E-state index contributed by atoms with van der Waals surface area (Å²) in [6.07, 6.45) is 0.288. The van der Waals surface area contributed by atoms with E-state index in [1.54, 1.807) is 6.92 Å². The SMILES string of the molecule is CCOC(=O)C(C=O)(C(C)=O)c1ccc(Cl)c(OC)c1. The lowest BCUT2D eigenvalue weighted by Crippen LogP contribution is -2.45. The molecule has 0 radical (unpaired) electrons. The fourth-order valence-electron chi connectivity index (χ4n) is 1.81. The van der Waals surface area contributed by atoms with Crippen molar-refractivity contribution in [2.75, 3.05) is 13.7 Å². The number of halogens is 1. The van der Waals surface area contributed by atoms with Crippen molar-refractivity contribution in [3.8, 4) is 5.75 Å². The normalized spacial score (nSPS) is 13.2. The van der Waals surface area contributed by atoms with Crippen LogP contribution in [-0.2, 0) is 24.5 Å². The van der Waals surface area contributed by atoms with E-state index < -0.39 is 17.2 Å². The van der Waals surface area contributed by atoms with E-state index in [0.717, 1.165) is 6.92 Å². The maximum Gasteiger partial charge on any atom is 0.331 e. The number of ketones is 1. The maximum absolute atomic E-state index is 12.1. The third-order valence-electron chi connectivity index (χ3n) is 2.94. The molecule has 0 fully saturated rings. The number of Topliss-reactive ketones (excluding diaryl/α,β-unsaturated/α-hetero) is 1. The van der Waals surface area contributed by atoms with E-state index in [4.69, 9.17) is 21.1 Å². The molecule has 0 heterocycles. The number of methoxy groups -OCH3 is 1. The lowest BCUT2D eigenvalue weighted by Gasteiger charge is -2.23. The van der Waals surface area contributed by atoms with E-state index in [0.29, 0.717) is 5.02 Å². The quantitative estimate of drug-likeness (QED) is 0.456. The number of rotatable bonds is 6.